The number of hydrogen-bond donors (Lipinski definition) is 1. The van der Waals surface area contributed by atoms with E-state index in [1.54, 1.807) is 36.4 Å². The lowest BCUT2D eigenvalue weighted by Gasteiger charge is -2.31. The molecular formula is C28H30ClFN2O3. The zero-order chi connectivity index (χ0) is 25.2. The Morgan fingerprint density at radius 2 is 1.60 bits per heavy atom. The summed E-state index contributed by atoms with van der Waals surface area (Å²) in [7, 11) is 0. The van der Waals surface area contributed by atoms with Gasteiger partial charge in [-0.3, -0.25) is 9.59 Å². The summed E-state index contributed by atoms with van der Waals surface area (Å²) < 4.78 is 19.2. The Labute approximate surface area is 210 Å². The first-order chi connectivity index (χ1) is 16.8. The van der Waals surface area contributed by atoms with Crippen LogP contribution in [0, 0.1) is 11.7 Å². The molecule has 1 N–H and O–H groups in total. The topological polar surface area (TPSA) is 58.6 Å². The van der Waals surface area contributed by atoms with E-state index in [-0.39, 0.29) is 36.7 Å². The van der Waals surface area contributed by atoms with Gasteiger partial charge in [0, 0.05) is 24.5 Å². The molecule has 3 rings (SSSR count). The van der Waals surface area contributed by atoms with E-state index < -0.39 is 6.04 Å². The number of carbonyl (C=O) groups is 2. The van der Waals surface area contributed by atoms with Crippen molar-refractivity contribution in [1.82, 2.24) is 10.2 Å². The van der Waals surface area contributed by atoms with Crippen LogP contribution >= 0.6 is 11.6 Å². The van der Waals surface area contributed by atoms with Crippen molar-refractivity contribution in [3.8, 4) is 5.75 Å². The smallest absolute Gasteiger partial charge is 0.261 e. The van der Waals surface area contributed by atoms with E-state index in [9.17, 15) is 14.0 Å². The van der Waals surface area contributed by atoms with Crippen LogP contribution < -0.4 is 10.1 Å². The van der Waals surface area contributed by atoms with E-state index in [1.165, 1.54) is 17.0 Å². The van der Waals surface area contributed by atoms with Gasteiger partial charge < -0.3 is 15.0 Å². The number of halogens is 2. The zero-order valence-electron chi connectivity index (χ0n) is 19.9. The molecule has 0 aliphatic carbocycles. The molecular weight excluding hydrogens is 467 g/mol. The molecule has 0 saturated heterocycles. The molecule has 0 fully saturated rings. The van der Waals surface area contributed by atoms with Crippen molar-refractivity contribution in [2.24, 2.45) is 5.92 Å². The van der Waals surface area contributed by atoms with Gasteiger partial charge in [-0.05, 0) is 53.4 Å². The normalized spacial score (nSPS) is 11.7. The molecule has 0 unspecified atom stereocenters. The van der Waals surface area contributed by atoms with Crippen molar-refractivity contribution in [1.29, 1.82) is 0 Å². The molecule has 0 aliphatic rings. The van der Waals surface area contributed by atoms with E-state index in [2.05, 4.69) is 5.32 Å². The number of nitrogens with zero attached hydrogens (tertiary/aromatic N) is 1. The molecule has 0 radical (unpaired) electrons. The van der Waals surface area contributed by atoms with Crippen LogP contribution in [0.3, 0.4) is 0 Å². The summed E-state index contributed by atoms with van der Waals surface area (Å²) in [6.07, 6.45) is 0.332. The minimum Gasteiger partial charge on any atom is -0.484 e. The lowest BCUT2D eigenvalue weighted by atomic mass is 10.0. The van der Waals surface area contributed by atoms with Crippen molar-refractivity contribution in [2.45, 2.75) is 32.9 Å². The highest BCUT2D eigenvalue weighted by atomic mass is 35.5. The van der Waals surface area contributed by atoms with Gasteiger partial charge in [-0.25, -0.2) is 4.39 Å². The van der Waals surface area contributed by atoms with Gasteiger partial charge >= 0.3 is 0 Å². The molecule has 0 spiro atoms. The summed E-state index contributed by atoms with van der Waals surface area (Å²) in [5.74, 6) is -0.221. The largest absolute Gasteiger partial charge is 0.484 e. The highest BCUT2D eigenvalue weighted by Crippen LogP contribution is 2.18. The van der Waals surface area contributed by atoms with E-state index >= 15 is 0 Å². The van der Waals surface area contributed by atoms with Gasteiger partial charge in [0.15, 0.2) is 6.61 Å². The van der Waals surface area contributed by atoms with Crippen LogP contribution in [0.4, 0.5) is 4.39 Å². The Balaban J connectivity index is 1.88. The minimum atomic E-state index is -0.775. The number of rotatable bonds is 11. The third kappa shape index (κ3) is 8.41. The molecule has 3 aromatic rings. The summed E-state index contributed by atoms with van der Waals surface area (Å²) in [5.41, 5.74) is 1.63. The van der Waals surface area contributed by atoms with Crippen molar-refractivity contribution >= 4 is 23.4 Å². The second-order valence-corrected chi connectivity index (χ2v) is 9.17. The molecule has 0 heterocycles. The lowest BCUT2D eigenvalue weighted by Crippen LogP contribution is -2.52. The number of amides is 2. The number of benzene rings is 3. The first kappa shape index (κ1) is 26.2. The third-order valence-electron chi connectivity index (χ3n) is 5.40. The van der Waals surface area contributed by atoms with Crippen LogP contribution in [0.5, 0.6) is 5.75 Å². The van der Waals surface area contributed by atoms with Gasteiger partial charge in [-0.1, -0.05) is 67.9 Å². The first-order valence-corrected chi connectivity index (χ1v) is 11.9. The highest BCUT2D eigenvalue weighted by Gasteiger charge is 2.30. The Hall–Kier alpha value is -3.38. The fraction of sp³-hybridized carbons (Fsp3) is 0.286. The van der Waals surface area contributed by atoms with Crippen LogP contribution in [-0.2, 0) is 22.6 Å². The maximum absolute atomic E-state index is 13.5. The Morgan fingerprint density at radius 3 is 2.23 bits per heavy atom. The molecule has 0 bridgehead atoms. The van der Waals surface area contributed by atoms with Gasteiger partial charge in [-0.15, -0.1) is 0 Å². The van der Waals surface area contributed by atoms with E-state index in [0.717, 1.165) is 5.56 Å². The van der Waals surface area contributed by atoms with Crippen LogP contribution in [-0.4, -0.2) is 35.9 Å². The van der Waals surface area contributed by atoms with Gasteiger partial charge in [0.2, 0.25) is 5.91 Å². The predicted molar refractivity (Wildman–Crippen MR) is 136 cm³/mol. The van der Waals surface area contributed by atoms with Crippen molar-refractivity contribution in [3.05, 3.63) is 101 Å². The van der Waals surface area contributed by atoms with Crippen molar-refractivity contribution in [2.75, 3.05) is 13.2 Å². The minimum absolute atomic E-state index is 0.135. The molecule has 7 heteroatoms. The number of carbonyl (C=O) groups excluding carboxylic acids is 2. The number of ether oxygens (including phenoxy) is 1. The highest BCUT2D eigenvalue weighted by molar-refractivity contribution is 6.30. The van der Waals surface area contributed by atoms with Gasteiger partial charge in [0.1, 0.15) is 17.6 Å². The molecule has 2 amide bonds. The van der Waals surface area contributed by atoms with Gasteiger partial charge in [0.25, 0.3) is 5.91 Å². The molecule has 3 aromatic carbocycles. The van der Waals surface area contributed by atoms with Gasteiger partial charge in [-0.2, -0.15) is 0 Å². The van der Waals surface area contributed by atoms with E-state index in [4.69, 9.17) is 16.3 Å². The molecule has 0 aliphatic heterocycles. The Bertz CT molecular complexity index is 1090. The third-order valence-corrected chi connectivity index (χ3v) is 5.65. The Morgan fingerprint density at radius 1 is 0.943 bits per heavy atom. The SMILES string of the molecule is CC(C)CNC(=O)[C@H](Cc1ccccc1)N(Cc1ccc(F)cc1)C(=O)COc1ccc(Cl)cc1. The second-order valence-electron chi connectivity index (χ2n) is 8.74. The quantitative estimate of drug-likeness (QED) is 0.393. The first-order valence-electron chi connectivity index (χ1n) is 11.6. The summed E-state index contributed by atoms with van der Waals surface area (Å²) in [4.78, 5) is 28.3. The van der Waals surface area contributed by atoms with Crippen LogP contribution in [0.25, 0.3) is 0 Å². The van der Waals surface area contributed by atoms with Crippen molar-refractivity contribution in [3.63, 3.8) is 0 Å². The molecule has 0 saturated carbocycles. The maximum Gasteiger partial charge on any atom is 0.261 e. The summed E-state index contributed by atoms with van der Waals surface area (Å²) in [6.45, 7) is 4.38. The standard InChI is InChI=1S/C28H30ClFN2O3/c1-20(2)17-31-28(34)26(16-21-6-4-3-5-7-21)32(18-22-8-12-24(30)13-9-22)27(33)19-35-25-14-10-23(29)11-15-25/h3-15,20,26H,16-19H2,1-2H3,(H,31,34)/t26-/m0/s1. The van der Waals surface area contributed by atoms with Gasteiger partial charge in [0.05, 0.1) is 0 Å². The summed E-state index contributed by atoms with van der Waals surface area (Å²) >= 11 is 5.93. The summed E-state index contributed by atoms with van der Waals surface area (Å²) in [5, 5.41) is 3.53. The molecule has 35 heavy (non-hydrogen) atoms. The van der Waals surface area contributed by atoms with Crippen LogP contribution in [0.2, 0.25) is 5.02 Å². The fourth-order valence-corrected chi connectivity index (χ4v) is 3.65. The molecule has 5 nitrogen and oxygen atoms in total. The van der Waals surface area contributed by atoms with Crippen LogP contribution in [0.1, 0.15) is 25.0 Å². The van der Waals surface area contributed by atoms with Crippen molar-refractivity contribution < 1.29 is 18.7 Å². The molecule has 184 valence electrons. The predicted octanol–water partition coefficient (Wildman–Crippen LogP) is 5.27. The lowest BCUT2D eigenvalue weighted by molar-refractivity contribution is -0.142. The average Bonchev–Trinajstić information content (AvgIpc) is 2.86. The monoisotopic (exact) mass is 496 g/mol. The average molecular weight is 497 g/mol. The second kappa shape index (κ2) is 12.9. The summed E-state index contributed by atoms with van der Waals surface area (Å²) in [6, 6.07) is 21.4. The Kier molecular flexibility index (Phi) is 9.67. The van der Waals surface area contributed by atoms with E-state index in [0.29, 0.717) is 29.3 Å². The fourth-order valence-electron chi connectivity index (χ4n) is 3.52. The molecule has 1 atom stereocenters. The van der Waals surface area contributed by atoms with E-state index in [1.807, 2.05) is 44.2 Å². The van der Waals surface area contributed by atoms with Crippen LogP contribution in [0.15, 0.2) is 78.9 Å². The molecule has 0 aromatic heterocycles. The zero-order valence-corrected chi connectivity index (χ0v) is 20.7. The maximum atomic E-state index is 13.5. The number of nitrogens with one attached hydrogen (secondary N) is 1. The number of hydrogen-bond acceptors (Lipinski definition) is 3.